The quantitative estimate of drug-likeness (QED) is 0.804. The van der Waals surface area contributed by atoms with Gasteiger partial charge in [-0.2, -0.15) is 0 Å². The molecule has 7 heteroatoms. The van der Waals surface area contributed by atoms with E-state index in [0.717, 1.165) is 11.1 Å². The van der Waals surface area contributed by atoms with Crippen molar-refractivity contribution >= 4 is 17.3 Å². The Morgan fingerprint density at radius 1 is 1.19 bits per heavy atom. The molecule has 0 radical (unpaired) electrons. The predicted molar refractivity (Wildman–Crippen MR) is 97.0 cm³/mol. The topological polar surface area (TPSA) is 89.4 Å². The molecule has 1 amide bonds. The lowest BCUT2D eigenvalue weighted by Crippen LogP contribution is -2.28. The summed E-state index contributed by atoms with van der Waals surface area (Å²) in [5.74, 6) is 0.818. The second-order valence-electron chi connectivity index (χ2n) is 5.92. The zero-order valence-corrected chi connectivity index (χ0v) is 14.8. The zero-order chi connectivity index (χ0) is 18.7. The smallest absolute Gasteiger partial charge is 0.268 e. The van der Waals surface area contributed by atoms with Crippen LogP contribution in [-0.2, 0) is 9.63 Å². The SMILES string of the molecule is COc1ccc(C2=NOC(C(=O)Nc3cc(C)ccc3O)C2)cc1OC. The number of carbonyl (C=O) groups excluding carboxylic acids is 1. The lowest BCUT2D eigenvalue weighted by molar-refractivity contribution is -0.125. The van der Waals surface area contributed by atoms with Gasteiger partial charge in [-0.3, -0.25) is 4.79 Å². The first-order chi connectivity index (χ1) is 12.5. The van der Waals surface area contributed by atoms with Gasteiger partial charge in [0.25, 0.3) is 5.91 Å². The fraction of sp³-hybridized carbons (Fsp3) is 0.263. The molecule has 0 aromatic heterocycles. The van der Waals surface area contributed by atoms with Crippen LogP contribution in [0.2, 0.25) is 0 Å². The van der Waals surface area contributed by atoms with Crippen molar-refractivity contribution in [3.8, 4) is 17.2 Å². The van der Waals surface area contributed by atoms with Crippen LogP contribution in [0.5, 0.6) is 17.2 Å². The Morgan fingerprint density at radius 3 is 2.69 bits per heavy atom. The molecule has 136 valence electrons. The number of amides is 1. The van der Waals surface area contributed by atoms with Crippen molar-refractivity contribution in [1.82, 2.24) is 0 Å². The van der Waals surface area contributed by atoms with Crippen molar-refractivity contribution in [3.63, 3.8) is 0 Å². The summed E-state index contributed by atoms with van der Waals surface area (Å²) >= 11 is 0. The lowest BCUT2D eigenvalue weighted by atomic mass is 10.0. The summed E-state index contributed by atoms with van der Waals surface area (Å²) in [4.78, 5) is 17.7. The highest BCUT2D eigenvalue weighted by molar-refractivity contribution is 6.06. The molecule has 1 aliphatic rings. The molecule has 0 saturated carbocycles. The van der Waals surface area contributed by atoms with Crippen molar-refractivity contribution in [2.75, 3.05) is 19.5 Å². The van der Waals surface area contributed by atoms with Gasteiger partial charge in [0.2, 0.25) is 6.10 Å². The minimum absolute atomic E-state index is 0.00276. The number of benzene rings is 2. The Kier molecular flexibility index (Phi) is 4.97. The molecule has 0 bridgehead atoms. The summed E-state index contributed by atoms with van der Waals surface area (Å²) < 4.78 is 10.5. The van der Waals surface area contributed by atoms with Crippen LogP contribution in [-0.4, -0.2) is 37.0 Å². The van der Waals surface area contributed by atoms with E-state index >= 15 is 0 Å². The van der Waals surface area contributed by atoms with Gasteiger partial charge < -0.3 is 24.7 Å². The Hall–Kier alpha value is -3.22. The first kappa shape index (κ1) is 17.6. The van der Waals surface area contributed by atoms with E-state index < -0.39 is 6.10 Å². The van der Waals surface area contributed by atoms with Gasteiger partial charge in [0.05, 0.1) is 25.6 Å². The molecule has 7 nitrogen and oxygen atoms in total. The van der Waals surface area contributed by atoms with Crippen LogP contribution in [0.25, 0.3) is 0 Å². The molecule has 2 N–H and O–H groups in total. The summed E-state index contributed by atoms with van der Waals surface area (Å²) in [6, 6.07) is 10.4. The maximum absolute atomic E-state index is 12.4. The van der Waals surface area contributed by atoms with E-state index in [-0.39, 0.29) is 11.7 Å². The van der Waals surface area contributed by atoms with Gasteiger partial charge in [0, 0.05) is 12.0 Å². The lowest BCUT2D eigenvalue weighted by Gasteiger charge is -2.11. The number of aryl methyl sites for hydroxylation is 1. The number of phenolic OH excluding ortho intramolecular Hbond substituents is 1. The number of nitrogens with zero attached hydrogens (tertiary/aromatic N) is 1. The number of nitrogens with one attached hydrogen (secondary N) is 1. The highest BCUT2D eigenvalue weighted by Crippen LogP contribution is 2.30. The molecule has 2 aromatic carbocycles. The third kappa shape index (κ3) is 3.56. The van der Waals surface area contributed by atoms with Crippen LogP contribution in [0.1, 0.15) is 17.5 Å². The molecule has 0 fully saturated rings. The molecule has 2 aromatic rings. The van der Waals surface area contributed by atoms with Gasteiger partial charge in [-0.25, -0.2) is 0 Å². The Labute approximate surface area is 151 Å². The summed E-state index contributed by atoms with van der Waals surface area (Å²) in [5, 5.41) is 16.5. The molecule has 1 unspecified atom stereocenters. The van der Waals surface area contributed by atoms with Crippen LogP contribution >= 0.6 is 0 Å². The van der Waals surface area contributed by atoms with Crippen LogP contribution in [0.3, 0.4) is 0 Å². The minimum Gasteiger partial charge on any atom is -0.506 e. The fourth-order valence-corrected chi connectivity index (χ4v) is 2.67. The molecule has 3 rings (SSSR count). The van der Waals surface area contributed by atoms with Gasteiger partial charge in [0.15, 0.2) is 11.5 Å². The number of carbonyl (C=O) groups is 1. The summed E-state index contributed by atoms with van der Waals surface area (Å²) in [5.41, 5.74) is 2.70. The minimum atomic E-state index is -0.766. The predicted octanol–water partition coefficient (Wildman–Crippen LogP) is 2.85. The molecule has 1 heterocycles. The van der Waals surface area contributed by atoms with E-state index in [0.29, 0.717) is 29.3 Å². The summed E-state index contributed by atoms with van der Waals surface area (Å²) in [6.45, 7) is 1.87. The second-order valence-corrected chi connectivity index (χ2v) is 5.92. The highest BCUT2D eigenvalue weighted by Gasteiger charge is 2.29. The van der Waals surface area contributed by atoms with Crippen molar-refractivity contribution in [2.45, 2.75) is 19.4 Å². The number of hydrogen-bond donors (Lipinski definition) is 2. The average Bonchev–Trinajstić information content (AvgIpc) is 3.14. The average molecular weight is 356 g/mol. The zero-order valence-electron chi connectivity index (χ0n) is 14.8. The molecule has 0 spiro atoms. The van der Waals surface area contributed by atoms with Crippen molar-refractivity contribution in [2.24, 2.45) is 5.16 Å². The van der Waals surface area contributed by atoms with E-state index in [9.17, 15) is 9.90 Å². The Morgan fingerprint density at radius 2 is 1.96 bits per heavy atom. The normalized spacial score (nSPS) is 15.8. The number of phenols is 1. The molecule has 1 aliphatic heterocycles. The first-order valence-electron chi connectivity index (χ1n) is 8.07. The van der Waals surface area contributed by atoms with Crippen LogP contribution in [0.4, 0.5) is 5.69 Å². The highest BCUT2D eigenvalue weighted by atomic mass is 16.6. The first-order valence-corrected chi connectivity index (χ1v) is 8.07. The van der Waals surface area contributed by atoms with E-state index in [1.165, 1.54) is 6.07 Å². The molecule has 26 heavy (non-hydrogen) atoms. The molecule has 0 aliphatic carbocycles. The number of rotatable bonds is 5. The summed E-state index contributed by atoms with van der Waals surface area (Å²) in [6.07, 6.45) is -0.452. The van der Waals surface area contributed by atoms with Gasteiger partial charge >= 0.3 is 0 Å². The van der Waals surface area contributed by atoms with E-state index in [1.54, 1.807) is 38.5 Å². The number of methoxy groups -OCH3 is 2. The molecule has 1 atom stereocenters. The van der Waals surface area contributed by atoms with Crippen LogP contribution in [0, 0.1) is 6.92 Å². The number of aromatic hydroxyl groups is 1. The Balaban J connectivity index is 1.69. The number of oxime groups is 1. The number of anilines is 1. The fourth-order valence-electron chi connectivity index (χ4n) is 2.67. The van der Waals surface area contributed by atoms with Crippen molar-refractivity contribution in [3.05, 3.63) is 47.5 Å². The second kappa shape index (κ2) is 7.35. The van der Waals surface area contributed by atoms with E-state index in [4.69, 9.17) is 14.3 Å². The van der Waals surface area contributed by atoms with Crippen molar-refractivity contribution in [1.29, 1.82) is 0 Å². The number of hydrogen-bond acceptors (Lipinski definition) is 6. The van der Waals surface area contributed by atoms with Gasteiger partial charge in [0.1, 0.15) is 5.75 Å². The third-order valence-corrected chi connectivity index (χ3v) is 4.09. The summed E-state index contributed by atoms with van der Waals surface area (Å²) in [7, 11) is 3.12. The van der Waals surface area contributed by atoms with Crippen LogP contribution in [0.15, 0.2) is 41.6 Å². The maximum atomic E-state index is 12.4. The van der Waals surface area contributed by atoms with Crippen molar-refractivity contribution < 1.29 is 24.2 Å². The molecule has 0 saturated heterocycles. The van der Waals surface area contributed by atoms with Gasteiger partial charge in [-0.1, -0.05) is 11.2 Å². The third-order valence-electron chi connectivity index (χ3n) is 4.09. The maximum Gasteiger partial charge on any atom is 0.268 e. The van der Waals surface area contributed by atoms with Gasteiger partial charge in [-0.05, 0) is 42.8 Å². The van der Waals surface area contributed by atoms with E-state index in [2.05, 4.69) is 10.5 Å². The standard InChI is InChI=1S/C19H20N2O5/c1-11-4-6-15(22)14(8-11)20-19(23)18-10-13(21-26-18)12-5-7-16(24-2)17(9-12)25-3/h4-9,18,22H,10H2,1-3H3,(H,20,23). The largest absolute Gasteiger partial charge is 0.506 e. The molecular weight excluding hydrogens is 336 g/mol. The Bertz CT molecular complexity index is 863. The van der Waals surface area contributed by atoms with Crippen LogP contribution < -0.4 is 14.8 Å². The van der Waals surface area contributed by atoms with E-state index in [1.807, 2.05) is 13.0 Å². The molecular formula is C19H20N2O5. The monoisotopic (exact) mass is 356 g/mol. The number of ether oxygens (including phenoxy) is 2. The van der Waals surface area contributed by atoms with Gasteiger partial charge in [-0.15, -0.1) is 0 Å².